The molecule has 1 aromatic carbocycles. The van der Waals surface area contributed by atoms with E-state index in [1.807, 2.05) is 12.3 Å². The lowest BCUT2D eigenvalue weighted by Gasteiger charge is -2.20. The summed E-state index contributed by atoms with van der Waals surface area (Å²) in [5.41, 5.74) is -3.23. The molecule has 0 spiro atoms. The summed E-state index contributed by atoms with van der Waals surface area (Å²) in [6.07, 6.45) is -3.59. The number of unbranched alkanes of at least 4 members (excludes halogenated alkanes) is 2. The van der Waals surface area contributed by atoms with Crippen LogP contribution in [0.3, 0.4) is 0 Å². The molecule has 1 aliphatic rings. The minimum absolute atomic E-state index is 0.0135. The molecule has 1 aromatic heterocycles. The van der Waals surface area contributed by atoms with Crippen LogP contribution in [-0.4, -0.2) is 42.6 Å². The quantitative estimate of drug-likeness (QED) is 0.571. The Labute approximate surface area is 192 Å². The van der Waals surface area contributed by atoms with E-state index in [0.717, 1.165) is 18.9 Å². The molecule has 1 aliphatic heterocycles. The molecule has 2 aromatic rings. The Morgan fingerprint density at radius 2 is 1.97 bits per heavy atom. The summed E-state index contributed by atoms with van der Waals surface area (Å²) in [6.45, 7) is 2.14. The first-order valence-electron chi connectivity index (χ1n) is 10.5. The maximum Gasteiger partial charge on any atom is 0.426 e. The van der Waals surface area contributed by atoms with E-state index in [0.29, 0.717) is 25.2 Å². The molecule has 3 rings (SSSR count). The Morgan fingerprint density at radius 1 is 1.26 bits per heavy atom. The number of nitrogens with one attached hydrogen (secondary N) is 1. The third kappa shape index (κ3) is 5.27. The first-order chi connectivity index (χ1) is 15.9. The van der Waals surface area contributed by atoms with E-state index in [1.165, 1.54) is 0 Å². The fourth-order valence-corrected chi connectivity index (χ4v) is 4.61. The van der Waals surface area contributed by atoms with Crippen LogP contribution in [0.15, 0.2) is 21.7 Å². The molecule has 14 heteroatoms. The SMILES string of the molecule is CCCCCOC(=O)Nn1c(=O)c2cc([C@H]3CCCO3)c(C(F)(F)F)cc2n(S(C)(=O)=O)c1=O. The molecule has 2 heterocycles. The molecule has 0 unspecified atom stereocenters. The van der Waals surface area contributed by atoms with Crippen molar-refractivity contribution in [1.82, 2.24) is 8.65 Å². The van der Waals surface area contributed by atoms with Gasteiger partial charge < -0.3 is 9.47 Å². The number of nitrogens with zero attached hydrogens (tertiary/aromatic N) is 2. The number of carbonyl (C=O) groups is 1. The lowest BCUT2D eigenvalue weighted by molar-refractivity contribution is -0.139. The topological polar surface area (TPSA) is 126 Å². The summed E-state index contributed by atoms with van der Waals surface area (Å²) in [4.78, 5) is 37.9. The van der Waals surface area contributed by atoms with Crippen LogP contribution < -0.4 is 16.7 Å². The van der Waals surface area contributed by atoms with Crippen LogP contribution in [0.25, 0.3) is 10.9 Å². The molecule has 1 fully saturated rings. The molecule has 0 saturated carbocycles. The van der Waals surface area contributed by atoms with Crippen LogP contribution >= 0.6 is 0 Å². The van der Waals surface area contributed by atoms with E-state index in [1.54, 1.807) is 0 Å². The first kappa shape index (κ1) is 25.7. The lowest BCUT2D eigenvalue weighted by Crippen LogP contribution is -2.48. The molecule has 1 atom stereocenters. The number of ether oxygens (including phenoxy) is 2. The van der Waals surface area contributed by atoms with Crippen molar-refractivity contribution in [3.8, 4) is 0 Å². The third-order valence-corrected chi connectivity index (χ3v) is 6.30. The minimum Gasteiger partial charge on any atom is -0.448 e. The monoisotopic (exact) mass is 507 g/mol. The maximum atomic E-state index is 13.8. The summed E-state index contributed by atoms with van der Waals surface area (Å²) in [6, 6.07) is 1.31. The second-order valence-electron chi connectivity index (χ2n) is 7.86. The highest BCUT2D eigenvalue weighted by atomic mass is 32.2. The van der Waals surface area contributed by atoms with Gasteiger partial charge in [-0.05, 0) is 37.0 Å². The zero-order chi connectivity index (χ0) is 25.3. The van der Waals surface area contributed by atoms with Crippen LogP contribution in [0, 0.1) is 0 Å². The highest BCUT2D eigenvalue weighted by molar-refractivity contribution is 7.89. The third-order valence-electron chi connectivity index (χ3n) is 5.28. The predicted octanol–water partition coefficient (Wildman–Crippen LogP) is 2.71. The van der Waals surface area contributed by atoms with Gasteiger partial charge in [0, 0.05) is 6.61 Å². The van der Waals surface area contributed by atoms with Crippen LogP contribution in [-0.2, 0) is 25.7 Å². The van der Waals surface area contributed by atoms with Gasteiger partial charge in [0.05, 0.1) is 35.4 Å². The lowest BCUT2D eigenvalue weighted by atomic mass is 9.97. The molecule has 0 radical (unpaired) electrons. The Morgan fingerprint density at radius 3 is 2.53 bits per heavy atom. The number of fused-ring (bicyclic) bond motifs is 1. The van der Waals surface area contributed by atoms with E-state index in [-0.39, 0.29) is 33.8 Å². The number of amides is 1. The van der Waals surface area contributed by atoms with Crippen LogP contribution in [0.4, 0.5) is 18.0 Å². The Hall–Kier alpha value is -2.87. The van der Waals surface area contributed by atoms with Crippen molar-refractivity contribution in [2.75, 3.05) is 24.9 Å². The molecule has 1 amide bonds. The second kappa shape index (κ2) is 9.78. The van der Waals surface area contributed by atoms with Gasteiger partial charge >= 0.3 is 18.0 Å². The van der Waals surface area contributed by atoms with Gasteiger partial charge in [-0.2, -0.15) is 21.8 Å². The van der Waals surface area contributed by atoms with Crippen molar-refractivity contribution >= 4 is 27.0 Å². The molecule has 0 aliphatic carbocycles. The zero-order valence-electron chi connectivity index (χ0n) is 18.5. The van der Waals surface area contributed by atoms with E-state index in [2.05, 4.69) is 0 Å². The molecule has 10 nitrogen and oxygen atoms in total. The number of aromatic nitrogens is 2. The zero-order valence-corrected chi connectivity index (χ0v) is 19.3. The molecular formula is C20H24F3N3O7S. The van der Waals surface area contributed by atoms with Gasteiger partial charge in [0.15, 0.2) is 0 Å². The summed E-state index contributed by atoms with van der Waals surface area (Å²) >= 11 is 0. The van der Waals surface area contributed by atoms with E-state index >= 15 is 0 Å². The van der Waals surface area contributed by atoms with Gasteiger partial charge in [-0.1, -0.05) is 19.8 Å². The van der Waals surface area contributed by atoms with Gasteiger partial charge in [0.25, 0.3) is 5.56 Å². The first-order valence-corrected chi connectivity index (χ1v) is 12.4. The fourth-order valence-electron chi connectivity index (χ4n) is 3.74. The van der Waals surface area contributed by atoms with Crippen molar-refractivity contribution in [2.24, 2.45) is 0 Å². The fraction of sp³-hybridized carbons (Fsp3) is 0.550. The number of rotatable bonds is 7. The number of benzene rings is 1. The Kier molecular flexibility index (Phi) is 7.41. The summed E-state index contributed by atoms with van der Waals surface area (Å²) in [5, 5.41) is -0.519. The standard InChI is InChI=1S/C20H24F3N3O7S/c1-3-4-5-8-33-18(28)24-25-17(27)13-10-12(16-7-6-9-32-16)14(20(21,22)23)11-15(13)26(19(25)29)34(2,30)31/h10-11,16H,3-9H2,1-2H3,(H,24,28)/t16-/m1/s1. The summed E-state index contributed by atoms with van der Waals surface area (Å²) in [7, 11) is -4.50. The highest BCUT2D eigenvalue weighted by Crippen LogP contribution is 2.40. The summed E-state index contributed by atoms with van der Waals surface area (Å²) in [5.74, 6) is 0. The number of alkyl halides is 3. The van der Waals surface area contributed by atoms with Gasteiger partial charge in [0.1, 0.15) is 0 Å². The van der Waals surface area contributed by atoms with Crippen LogP contribution in [0.2, 0.25) is 0 Å². The highest BCUT2D eigenvalue weighted by Gasteiger charge is 2.38. The van der Waals surface area contributed by atoms with Crippen molar-refractivity contribution in [3.63, 3.8) is 0 Å². The average Bonchev–Trinajstić information content (AvgIpc) is 3.27. The maximum absolute atomic E-state index is 13.8. The number of hydrogen-bond acceptors (Lipinski definition) is 7. The molecule has 1 N–H and O–H groups in total. The Balaban J connectivity index is 2.25. The summed E-state index contributed by atoms with van der Waals surface area (Å²) < 4.78 is 76.6. The number of halogens is 3. The molecule has 1 saturated heterocycles. The van der Waals surface area contributed by atoms with Crippen LogP contribution in [0.1, 0.15) is 56.3 Å². The van der Waals surface area contributed by atoms with Crippen molar-refractivity contribution in [1.29, 1.82) is 0 Å². The second-order valence-corrected chi connectivity index (χ2v) is 9.69. The smallest absolute Gasteiger partial charge is 0.426 e. The van der Waals surface area contributed by atoms with Gasteiger partial charge in [-0.15, -0.1) is 0 Å². The largest absolute Gasteiger partial charge is 0.448 e. The molecule has 0 bridgehead atoms. The number of carbonyl (C=O) groups excluding carboxylic acids is 1. The van der Waals surface area contributed by atoms with Gasteiger partial charge in [-0.25, -0.2) is 23.4 Å². The molecular weight excluding hydrogens is 483 g/mol. The predicted molar refractivity (Wildman–Crippen MR) is 116 cm³/mol. The van der Waals surface area contributed by atoms with Crippen LogP contribution in [0.5, 0.6) is 0 Å². The van der Waals surface area contributed by atoms with E-state index < -0.39 is 56.1 Å². The number of hydrogen-bond donors (Lipinski definition) is 1. The van der Waals surface area contributed by atoms with Crippen molar-refractivity contribution < 1.29 is 35.9 Å². The molecule has 188 valence electrons. The molecule has 34 heavy (non-hydrogen) atoms. The minimum atomic E-state index is -4.91. The normalized spacial score (nSPS) is 16.7. The van der Waals surface area contributed by atoms with Gasteiger partial charge in [0.2, 0.25) is 10.0 Å². The van der Waals surface area contributed by atoms with E-state index in [4.69, 9.17) is 9.47 Å². The van der Waals surface area contributed by atoms with Crippen molar-refractivity contribution in [2.45, 2.75) is 51.3 Å². The van der Waals surface area contributed by atoms with Crippen molar-refractivity contribution in [3.05, 3.63) is 44.1 Å². The van der Waals surface area contributed by atoms with E-state index in [9.17, 15) is 36.0 Å². The average molecular weight is 507 g/mol. The van der Waals surface area contributed by atoms with Gasteiger partial charge in [-0.3, -0.25) is 4.79 Å². The Bertz CT molecular complexity index is 1310.